The number of hydrogen-bond acceptors (Lipinski definition) is 2. The van der Waals surface area contributed by atoms with E-state index >= 15 is 0 Å². The first-order chi connectivity index (χ1) is 4.16. The minimum atomic E-state index is 0.198. The van der Waals surface area contributed by atoms with E-state index in [4.69, 9.17) is 7.85 Å². The van der Waals surface area contributed by atoms with Crippen molar-refractivity contribution >= 4 is 13.6 Å². The number of ketones is 1. The molecule has 0 amide bonds. The number of nitrogens with one attached hydrogen (secondary N) is 1. The van der Waals surface area contributed by atoms with Crippen LogP contribution in [0, 0.1) is 0 Å². The molecule has 3 heteroatoms. The fourth-order valence-corrected chi connectivity index (χ4v) is 0.705. The number of carbonyl (C=O) groups is 1. The van der Waals surface area contributed by atoms with E-state index in [0.717, 1.165) is 0 Å². The standard InChI is InChI=1S/C6H12BNO/c1-5(8-4-7)3-6(2)9/h5,8H,3-4H2,1-2H3. The van der Waals surface area contributed by atoms with Gasteiger partial charge in [0.25, 0.3) is 0 Å². The van der Waals surface area contributed by atoms with Crippen LogP contribution < -0.4 is 5.32 Å². The molecule has 0 saturated heterocycles. The molecular weight excluding hydrogens is 113 g/mol. The smallest absolute Gasteiger partial charge is 0.131 e. The lowest BCUT2D eigenvalue weighted by Gasteiger charge is -2.08. The Hall–Kier alpha value is -0.305. The molecule has 2 nitrogen and oxygen atoms in total. The second kappa shape index (κ2) is 4.56. The van der Waals surface area contributed by atoms with Crippen LogP contribution in [0.3, 0.4) is 0 Å². The minimum Gasteiger partial charge on any atom is -0.323 e. The molecule has 1 N–H and O–H groups in total. The predicted octanol–water partition coefficient (Wildman–Crippen LogP) is 0.0696. The summed E-state index contributed by atoms with van der Waals surface area (Å²) in [6.45, 7) is 3.52. The van der Waals surface area contributed by atoms with Crippen molar-refractivity contribution in [2.45, 2.75) is 26.3 Å². The van der Waals surface area contributed by atoms with Gasteiger partial charge in [0.05, 0.1) is 7.85 Å². The molecule has 0 fully saturated rings. The third-order valence-corrected chi connectivity index (χ3v) is 1.06. The Morgan fingerprint density at radius 2 is 2.33 bits per heavy atom. The van der Waals surface area contributed by atoms with Crippen LogP contribution in [0.2, 0.25) is 0 Å². The number of Topliss-reactive ketones (excluding diaryl/α,β-unsaturated/α-hetero) is 1. The summed E-state index contributed by atoms with van der Waals surface area (Å²) >= 11 is 0. The van der Waals surface area contributed by atoms with E-state index in [1.807, 2.05) is 6.92 Å². The Balaban J connectivity index is 3.26. The van der Waals surface area contributed by atoms with Crippen molar-refractivity contribution in [3.8, 4) is 0 Å². The fourth-order valence-electron chi connectivity index (χ4n) is 0.705. The van der Waals surface area contributed by atoms with Gasteiger partial charge in [0.2, 0.25) is 0 Å². The molecule has 0 heterocycles. The summed E-state index contributed by atoms with van der Waals surface area (Å²) in [5, 5.41) is 2.93. The van der Waals surface area contributed by atoms with E-state index < -0.39 is 0 Å². The van der Waals surface area contributed by atoms with Crippen LogP contribution >= 0.6 is 0 Å². The van der Waals surface area contributed by atoms with Gasteiger partial charge in [-0.25, -0.2) is 0 Å². The molecule has 0 aliphatic carbocycles. The Morgan fingerprint density at radius 1 is 1.78 bits per heavy atom. The fraction of sp³-hybridized carbons (Fsp3) is 0.833. The molecule has 0 aromatic carbocycles. The molecule has 0 aliphatic rings. The molecule has 50 valence electrons. The topological polar surface area (TPSA) is 29.1 Å². The van der Waals surface area contributed by atoms with Gasteiger partial charge in [0.1, 0.15) is 5.78 Å². The lowest BCUT2D eigenvalue weighted by Crippen LogP contribution is -2.28. The van der Waals surface area contributed by atoms with Crippen LogP contribution in [0.15, 0.2) is 0 Å². The van der Waals surface area contributed by atoms with E-state index in [2.05, 4.69) is 5.32 Å². The Kier molecular flexibility index (Phi) is 4.41. The molecule has 0 aromatic heterocycles. The summed E-state index contributed by atoms with van der Waals surface area (Å²) in [6.07, 6.45) is 1.01. The van der Waals surface area contributed by atoms with Crippen LogP contribution in [0.25, 0.3) is 0 Å². The van der Waals surface area contributed by atoms with Crippen molar-refractivity contribution in [3.63, 3.8) is 0 Å². The zero-order chi connectivity index (χ0) is 7.28. The summed E-state index contributed by atoms with van der Waals surface area (Å²) in [7, 11) is 5.18. The maximum absolute atomic E-state index is 10.4. The van der Waals surface area contributed by atoms with Crippen molar-refractivity contribution in [2.75, 3.05) is 6.44 Å². The largest absolute Gasteiger partial charge is 0.323 e. The van der Waals surface area contributed by atoms with Gasteiger partial charge in [0, 0.05) is 12.5 Å². The number of hydrogen-bond donors (Lipinski definition) is 1. The Morgan fingerprint density at radius 3 is 2.67 bits per heavy atom. The molecular formula is C6H12BNO. The normalized spacial score (nSPS) is 13.1. The van der Waals surface area contributed by atoms with Crippen LogP contribution in [-0.4, -0.2) is 26.1 Å². The highest BCUT2D eigenvalue weighted by molar-refractivity contribution is 6.08. The first kappa shape index (κ1) is 8.69. The summed E-state index contributed by atoms with van der Waals surface area (Å²) < 4.78 is 0. The lowest BCUT2D eigenvalue weighted by atomic mass is 10.1. The second-order valence-corrected chi connectivity index (χ2v) is 2.22. The number of rotatable bonds is 4. The van der Waals surface area contributed by atoms with Gasteiger partial charge in [0.15, 0.2) is 0 Å². The molecule has 0 spiro atoms. The first-order valence-corrected chi connectivity index (χ1v) is 3.09. The predicted molar refractivity (Wildman–Crippen MR) is 38.5 cm³/mol. The third kappa shape index (κ3) is 5.57. The molecule has 1 unspecified atom stereocenters. The maximum atomic E-state index is 10.4. The summed E-state index contributed by atoms with van der Waals surface area (Å²) in [6, 6.07) is 0.215. The lowest BCUT2D eigenvalue weighted by molar-refractivity contribution is -0.117. The van der Waals surface area contributed by atoms with Crippen LogP contribution in [-0.2, 0) is 4.79 Å². The van der Waals surface area contributed by atoms with Gasteiger partial charge in [-0.15, -0.1) is 0 Å². The maximum Gasteiger partial charge on any atom is 0.131 e. The van der Waals surface area contributed by atoms with Crippen LogP contribution in [0.1, 0.15) is 20.3 Å². The van der Waals surface area contributed by atoms with Crippen molar-refractivity contribution in [3.05, 3.63) is 0 Å². The van der Waals surface area contributed by atoms with Crippen LogP contribution in [0.4, 0.5) is 0 Å². The summed E-state index contributed by atoms with van der Waals surface area (Å²) in [4.78, 5) is 10.4. The van der Waals surface area contributed by atoms with E-state index in [0.29, 0.717) is 12.9 Å². The molecule has 2 radical (unpaired) electrons. The third-order valence-electron chi connectivity index (χ3n) is 1.06. The summed E-state index contributed by atoms with van der Waals surface area (Å²) in [5.41, 5.74) is 0. The highest BCUT2D eigenvalue weighted by atomic mass is 16.1. The van der Waals surface area contributed by atoms with E-state index in [1.54, 1.807) is 6.92 Å². The van der Waals surface area contributed by atoms with Gasteiger partial charge >= 0.3 is 0 Å². The zero-order valence-electron chi connectivity index (χ0n) is 5.98. The molecule has 0 aromatic rings. The quantitative estimate of drug-likeness (QED) is 0.538. The molecule has 0 aliphatic heterocycles. The van der Waals surface area contributed by atoms with Gasteiger partial charge in [-0.3, -0.25) is 4.79 Å². The van der Waals surface area contributed by atoms with Crippen molar-refractivity contribution in [1.29, 1.82) is 0 Å². The molecule has 0 rings (SSSR count). The monoisotopic (exact) mass is 125 g/mol. The summed E-state index contributed by atoms with van der Waals surface area (Å²) in [5.74, 6) is 0.198. The molecule has 1 atom stereocenters. The minimum absolute atomic E-state index is 0.198. The Bertz CT molecular complexity index is 95.1. The average molecular weight is 125 g/mol. The highest BCUT2D eigenvalue weighted by Gasteiger charge is 2.00. The van der Waals surface area contributed by atoms with Crippen molar-refractivity contribution < 1.29 is 4.79 Å². The van der Waals surface area contributed by atoms with Gasteiger partial charge in [-0.2, -0.15) is 0 Å². The molecule has 9 heavy (non-hydrogen) atoms. The SMILES string of the molecule is [B]CNC(C)CC(C)=O. The van der Waals surface area contributed by atoms with Crippen molar-refractivity contribution in [2.24, 2.45) is 0 Å². The second-order valence-electron chi connectivity index (χ2n) is 2.22. The zero-order valence-corrected chi connectivity index (χ0v) is 5.98. The van der Waals surface area contributed by atoms with E-state index in [-0.39, 0.29) is 11.8 Å². The molecule has 0 bridgehead atoms. The highest BCUT2D eigenvalue weighted by Crippen LogP contribution is 1.89. The van der Waals surface area contributed by atoms with E-state index in [1.165, 1.54) is 0 Å². The van der Waals surface area contributed by atoms with E-state index in [9.17, 15) is 4.79 Å². The van der Waals surface area contributed by atoms with Crippen LogP contribution in [0.5, 0.6) is 0 Å². The average Bonchev–Trinajstić information content (AvgIpc) is 1.63. The van der Waals surface area contributed by atoms with Gasteiger partial charge in [-0.1, -0.05) is 0 Å². The Labute approximate surface area is 57.4 Å². The molecule has 0 saturated carbocycles. The van der Waals surface area contributed by atoms with Gasteiger partial charge in [-0.05, 0) is 20.3 Å². The van der Waals surface area contributed by atoms with Gasteiger partial charge < -0.3 is 5.32 Å². The first-order valence-electron chi connectivity index (χ1n) is 3.09. The number of carbonyl (C=O) groups excluding carboxylic acids is 1. The van der Waals surface area contributed by atoms with Crippen molar-refractivity contribution in [1.82, 2.24) is 5.32 Å².